The predicted molar refractivity (Wildman–Crippen MR) is 166 cm³/mol. The minimum Gasteiger partial charge on any atom is -0.398 e. The van der Waals surface area contributed by atoms with Gasteiger partial charge in [-0.25, -0.2) is 0 Å². The van der Waals surface area contributed by atoms with E-state index in [1.165, 1.54) is 31.7 Å². The second kappa shape index (κ2) is 30.2. The van der Waals surface area contributed by atoms with Crippen LogP contribution in [0.15, 0.2) is 46.7 Å². The molecule has 39 heavy (non-hydrogen) atoms. The Bertz CT molecular complexity index is 791. The fraction of sp³-hybridized carbons (Fsp3) is 0.536. The standard InChI is InChI=1S/C21H30ClN3O2S.C4H10.CH3NO.CH5N.CH2O/c1-15(28-20-14-17(22)6-7-18(20)24)5-8-21(26)25-19(4-2-3-11-23)16-9-12-27-13-10-16;1-3-4-2;2-1-3;2*1-2/h2-3,6-7,14,16,19H,1,4-5,8-13,23-24H2,(H,25,26);3-4H2,1-2H3;1H,(H2,2,3);2H2,1H3;1H2/b3-2+;;;;. The molecule has 2 rings (SSSR count). The number of carbonyl (C=O) groups is 3. The molecular formula is C28H50ClN5O4S. The Kier molecular flexibility index (Phi) is 31.8. The number of nitrogen functional groups attached to an aromatic ring is 1. The first-order valence-electron chi connectivity index (χ1n) is 13.0. The minimum atomic E-state index is 0.0402. The lowest BCUT2D eigenvalue weighted by Crippen LogP contribution is -2.42. The van der Waals surface area contributed by atoms with Gasteiger partial charge in [0.15, 0.2) is 0 Å². The lowest BCUT2D eigenvalue weighted by molar-refractivity contribution is -0.122. The summed E-state index contributed by atoms with van der Waals surface area (Å²) in [6.07, 6.45) is 10.6. The number of halogens is 1. The molecule has 9 N–H and O–H groups in total. The molecule has 0 bridgehead atoms. The number of allylic oxidation sites excluding steroid dienone is 1. The summed E-state index contributed by atoms with van der Waals surface area (Å²) in [6.45, 7) is 12.5. The van der Waals surface area contributed by atoms with Gasteiger partial charge in [0, 0.05) is 47.8 Å². The summed E-state index contributed by atoms with van der Waals surface area (Å²) in [6, 6.07) is 5.46. The molecule has 0 saturated carbocycles. The molecule has 0 radical (unpaired) electrons. The zero-order chi connectivity index (χ0) is 30.5. The van der Waals surface area contributed by atoms with E-state index in [1.807, 2.05) is 18.9 Å². The summed E-state index contributed by atoms with van der Waals surface area (Å²) in [5.41, 5.74) is 20.8. The van der Waals surface area contributed by atoms with E-state index >= 15 is 0 Å². The van der Waals surface area contributed by atoms with Crippen LogP contribution in [-0.4, -0.2) is 52.0 Å². The molecule has 9 nitrogen and oxygen atoms in total. The van der Waals surface area contributed by atoms with Gasteiger partial charge in [0.2, 0.25) is 12.3 Å². The Balaban J connectivity index is -0.00000102. The van der Waals surface area contributed by atoms with Crippen molar-refractivity contribution in [3.63, 3.8) is 0 Å². The predicted octanol–water partition coefficient (Wildman–Crippen LogP) is 4.42. The van der Waals surface area contributed by atoms with Crippen LogP contribution < -0.4 is 28.3 Å². The molecule has 0 aromatic heterocycles. The highest BCUT2D eigenvalue weighted by Gasteiger charge is 2.24. The van der Waals surface area contributed by atoms with Crippen LogP contribution >= 0.6 is 23.4 Å². The molecular weight excluding hydrogens is 538 g/mol. The molecule has 224 valence electrons. The Morgan fingerprint density at radius 1 is 1.18 bits per heavy atom. The van der Waals surface area contributed by atoms with Crippen LogP contribution in [0.25, 0.3) is 0 Å². The van der Waals surface area contributed by atoms with Gasteiger partial charge in [-0.2, -0.15) is 0 Å². The minimum absolute atomic E-state index is 0.0402. The van der Waals surface area contributed by atoms with Crippen LogP contribution in [-0.2, 0) is 19.1 Å². The number of carbonyl (C=O) groups excluding carboxylic acids is 3. The molecule has 1 heterocycles. The van der Waals surface area contributed by atoms with Gasteiger partial charge in [0.25, 0.3) is 0 Å². The smallest absolute Gasteiger partial charge is 0.220 e. The number of rotatable bonds is 11. The highest BCUT2D eigenvalue weighted by molar-refractivity contribution is 8.03. The fourth-order valence-electron chi connectivity index (χ4n) is 3.16. The monoisotopic (exact) mass is 587 g/mol. The van der Waals surface area contributed by atoms with Gasteiger partial charge >= 0.3 is 0 Å². The van der Waals surface area contributed by atoms with Gasteiger partial charge in [-0.1, -0.05) is 68.8 Å². The van der Waals surface area contributed by atoms with Crippen molar-refractivity contribution in [1.82, 2.24) is 5.32 Å². The van der Waals surface area contributed by atoms with E-state index in [0.717, 1.165) is 42.3 Å². The van der Waals surface area contributed by atoms with E-state index in [2.05, 4.69) is 43.3 Å². The van der Waals surface area contributed by atoms with Crippen LogP contribution in [0, 0.1) is 5.92 Å². The third-order valence-corrected chi connectivity index (χ3v) is 6.54. The van der Waals surface area contributed by atoms with Crippen molar-refractivity contribution in [2.75, 3.05) is 32.5 Å². The van der Waals surface area contributed by atoms with E-state index < -0.39 is 0 Å². The maximum absolute atomic E-state index is 12.5. The maximum atomic E-state index is 12.5. The molecule has 0 spiro atoms. The third-order valence-electron chi connectivity index (χ3n) is 5.23. The average molecular weight is 588 g/mol. The van der Waals surface area contributed by atoms with E-state index in [-0.39, 0.29) is 18.4 Å². The second-order valence-corrected chi connectivity index (χ2v) is 9.68. The van der Waals surface area contributed by atoms with E-state index in [0.29, 0.717) is 36.0 Å². The zero-order valence-corrected chi connectivity index (χ0v) is 25.4. The number of unbranched alkanes of at least 4 members (excludes halogenated alkanes) is 1. The molecule has 1 unspecified atom stereocenters. The van der Waals surface area contributed by atoms with Crippen molar-refractivity contribution in [1.29, 1.82) is 0 Å². The van der Waals surface area contributed by atoms with Gasteiger partial charge in [-0.05, 0) is 61.8 Å². The molecule has 1 fully saturated rings. The number of anilines is 1. The molecule has 1 aliphatic heterocycles. The molecule has 2 amide bonds. The van der Waals surface area contributed by atoms with Crippen molar-refractivity contribution < 1.29 is 19.1 Å². The van der Waals surface area contributed by atoms with Crippen LogP contribution in [0.5, 0.6) is 0 Å². The first-order valence-corrected chi connectivity index (χ1v) is 14.2. The second-order valence-electron chi connectivity index (χ2n) is 8.03. The van der Waals surface area contributed by atoms with Crippen molar-refractivity contribution in [3.8, 4) is 0 Å². The number of ether oxygens (including phenoxy) is 1. The number of nitrogens with one attached hydrogen (secondary N) is 1. The fourth-order valence-corrected chi connectivity index (χ4v) is 4.29. The van der Waals surface area contributed by atoms with Gasteiger partial charge < -0.3 is 37.8 Å². The van der Waals surface area contributed by atoms with Gasteiger partial charge in [0.05, 0.1) is 0 Å². The van der Waals surface area contributed by atoms with Gasteiger partial charge in [0.1, 0.15) is 6.79 Å². The van der Waals surface area contributed by atoms with Gasteiger partial charge in [-0.3, -0.25) is 9.59 Å². The number of hydrogen-bond acceptors (Lipinski definition) is 8. The number of amides is 2. The van der Waals surface area contributed by atoms with Crippen LogP contribution in [0.4, 0.5) is 5.69 Å². The molecule has 0 aliphatic carbocycles. The summed E-state index contributed by atoms with van der Waals surface area (Å²) in [4.78, 5) is 30.9. The average Bonchev–Trinajstić information content (AvgIpc) is 2.96. The van der Waals surface area contributed by atoms with Crippen molar-refractivity contribution in [2.45, 2.75) is 69.7 Å². The molecule has 1 atom stereocenters. The SMILES string of the molecule is C=C(CCC(=O)NC(C/C=C/CN)C1CCOCC1)Sc1cc(Cl)ccc1N.C=O.CCCC.CN.NC=O. The summed E-state index contributed by atoms with van der Waals surface area (Å²) in [5.74, 6) is 0.474. The highest BCUT2D eigenvalue weighted by atomic mass is 35.5. The molecule has 1 saturated heterocycles. The van der Waals surface area contributed by atoms with Crippen molar-refractivity contribution in [3.05, 3.63) is 46.9 Å². The lowest BCUT2D eigenvalue weighted by Gasteiger charge is -2.30. The van der Waals surface area contributed by atoms with Crippen molar-refractivity contribution >= 4 is 48.2 Å². The molecule has 11 heteroatoms. The number of hydrogen-bond donors (Lipinski definition) is 5. The summed E-state index contributed by atoms with van der Waals surface area (Å²) in [7, 11) is 1.50. The molecule has 1 aliphatic rings. The molecule has 1 aromatic rings. The summed E-state index contributed by atoms with van der Waals surface area (Å²) < 4.78 is 5.45. The van der Waals surface area contributed by atoms with Crippen LogP contribution in [0.3, 0.4) is 0 Å². The number of benzene rings is 1. The van der Waals surface area contributed by atoms with E-state index in [4.69, 9.17) is 37.4 Å². The van der Waals surface area contributed by atoms with Crippen LogP contribution in [0.1, 0.15) is 58.8 Å². The summed E-state index contributed by atoms with van der Waals surface area (Å²) in [5, 5.41) is 3.83. The van der Waals surface area contributed by atoms with Gasteiger partial charge in [-0.15, -0.1) is 0 Å². The maximum Gasteiger partial charge on any atom is 0.220 e. The first-order chi connectivity index (χ1) is 18.8. The third kappa shape index (κ3) is 23.3. The lowest BCUT2D eigenvalue weighted by atomic mass is 9.89. The number of primary amides is 1. The van der Waals surface area contributed by atoms with Crippen LogP contribution in [0.2, 0.25) is 5.02 Å². The number of nitrogens with two attached hydrogens (primary N) is 4. The summed E-state index contributed by atoms with van der Waals surface area (Å²) >= 11 is 7.49. The largest absolute Gasteiger partial charge is 0.398 e. The Morgan fingerprint density at radius 2 is 1.74 bits per heavy atom. The Hall–Kier alpha value is -2.37. The van der Waals surface area contributed by atoms with E-state index in [1.54, 1.807) is 12.1 Å². The Labute approximate surface area is 244 Å². The topological polar surface area (TPSA) is 177 Å². The van der Waals surface area contributed by atoms with Crippen molar-refractivity contribution in [2.24, 2.45) is 23.1 Å². The highest BCUT2D eigenvalue weighted by Crippen LogP contribution is 2.34. The Morgan fingerprint density at radius 3 is 2.26 bits per heavy atom. The zero-order valence-electron chi connectivity index (χ0n) is 23.8. The first kappa shape index (κ1) is 41.1. The number of thioether (sulfide) groups is 1. The normalized spacial score (nSPS) is 13.0. The van der Waals surface area contributed by atoms with E-state index in [9.17, 15) is 4.79 Å². The molecule has 1 aromatic carbocycles. The quantitative estimate of drug-likeness (QED) is 0.109.